The maximum absolute atomic E-state index is 12.3. The van der Waals surface area contributed by atoms with Crippen LogP contribution >= 0.6 is 7.82 Å². The van der Waals surface area contributed by atoms with Gasteiger partial charge in [0.1, 0.15) is 12.2 Å². The largest absolute Gasteiger partial charge is 0.472 e. The number of hydrogen-bond acceptors (Lipinski definition) is 9. The van der Waals surface area contributed by atoms with Crippen molar-refractivity contribution in [3.05, 3.63) is 12.2 Å². The van der Waals surface area contributed by atoms with Gasteiger partial charge in [-0.3, -0.25) is 18.6 Å². The molecule has 52 heavy (non-hydrogen) atoms. The zero-order chi connectivity index (χ0) is 38.4. The Morgan fingerprint density at radius 3 is 1.10 bits per heavy atom. The molecule has 3 atom stereocenters. The molecule has 0 saturated carbocycles. The molecule has 0 aromatic rings. The summed E-state index contributed by atoms with van der Waals surface area (Å²) in [6.45, 7) is 2.21. The van der Waals surface area contributed by atoms with Crippen molar-refractivity contribution < 1.29 is 47.8 Å². The van der Waals surface area contributed by atoms with Crippen LogP contribution in [0.25, 0.3) is 0 Å². The molecule has 0 spiro atoms. The Morgan fingerprint density at radius 2 is 0.788 bits per heavy atom. The van der Waals surface area contributed by atoms with Gasteiger partial charge in [-0.1, -0.05) is 161 Å². The number of carbonyl (C=O) groups excluding carboxylic acids is 2. The van der Waals surface area contributed by atoms with Crippen molar-refractivity contribution in [3.8, 4) is 0 Å². The van der Waals surface area contributed by atoms with E-state index in [2.05, 4.69) is 26.0 Å². The topological polar surface area (TPSA) is 149 Å². The normalized spacial score (nSPS) is 14.0. The molecule has 0 fully saturated rings. The Hall–Kier alpha value is -1.29. The molecule has 0 saturated heterocycles. The average molecular weight is 763 g/mol. The number of rotatable bonds is 40. The summed E-state index contributed by atoms with van der Waals surface area (Å²) in [7, 11) is -4.63. The highest BCUT2D eigenvalue weighted by Gasteiger charge is 2.27. The molecule has 3 unspecified atom stereocenters. The van der Waals surface area contributed by atoms with Crippen molar-refractivity contribution in [2.45, 2.75) is 212 Å². The van der Waals surface area contributed by atoms with E-state index in [0.717, 1.165) is 57.8 Å². The summed E-state index contributed by atoms with van der Waals surface area (Å²) in [5.74, 6) is -1.02. The molecule has 0 bridgehead atoms. The van der Waals surface area contributed by atoms with Gasteiger partial charge in [-0.15, -0.1) is 0 Å². The van der Waals surface area contributed by atoms with E-state index in [1.807, 2.05) is 0 Å². The highest BCUT2D eigenvalue weighted by Crippen LogP contribution is 2.43. The Labute approximate surface area is 317 Å². The molecule has 0 aromatic heterocycles. The maximum Gasteiger partial charge on any atom is 0.472 e. The fourth-order valence-electron chi connectivity index (χ4n) is 5.93. The summed E-state index contributed by atoms with van der Waals surface area (Å²) >= 11 is 0. The molecule has 308 valence electrons. The Bertz CT molecular complexity index is 884. The fraction of sp³-hybridized carbons (Fsp3) is 0.902. The minimum absolute atomic E-state index is 0.185. The van der Waals surface area contributed by atoms with Crippen LogP contribution in [0.5, 0.6) is 0 Å². The third-order valence-electron chi connectivity index (χ3n) is 9.23. The molecule has 0 amide bonds. The third kappa shape index (κ3) is 35.7. The summed E-state index contributed by atoms with van der Waals surface area (Å²) in [6, 6.07) is 0. The van der Waals surface area contributed by atoms with Crippen LogP contribution in [-0.4, -0.2) is 65.7 Å². The van der Waals surface area contributed by atoms with E-state index in [-0.39, 0.29) is 12.8 Å². The molecule has 0 rings (SSSR count). The van der Waals surface area contributed by atoms with Crippen molar-refractivity contribution in [3.63, 3.8) is 0 Å². The second-order valence-electron chi connectivity index (χ2n) is 14.3. The van der Waals surface area contributed by atoms with Crippen molar-refractivity contribution in [2.24, 2.45) is 0 Å². The van der Waals surface area contributed by atoms with Gasteiger partial charge in [-0.25, -0.2) is 4.57 Å². The maximum atomic E-state index is 12.3. The van der Waals surface area contributed by atoms with E-state index >= 15 is 0 Å². The number of allylic oxidation sites excluding steroid dienone is 2. The van der Waals surface area contributed by atoms with Crippen LogP contribution in [0, 0.1) is 0 Å². The third-order valence-corrected chi connectivity index (χ3v) is 10.2. The lowest BCUT2D eigenvalue weighted by Crippen LogP contribution is -2.28. The minimum atomic E-state index is -4.63. The number of ether oxygens (including phenoxy) is 2. The van der Waals surface area contributed by atoms with Crippen LogP contribution < -0.4 is 0 Å². The standard InChI is InChI=1S/C41H79O10P/c1-3-5-7-9-11-13-15-17-19-21-23-25-27-29-31-33-41(45)51-39(35-43)37-49-52(46,47)48-36-38(34-42)50-40(44)32-30-28-26-24-22-20-18-16-14-12-10-8-6-4-2/h16,18,38-39,42-43H,3-15,17,19-37H2,1-2H3,(H,46,47)/b18-16-. The number of unbranched alkanes of at least 4 members (excludes halogenated alkanes) is 24. The number of carbonyl (C=O) groups is 2. The van der Waals surface area contributed by atoms with Gasteiger partial charge in [-0.2, -0.15) is 0 Å². The predicted molar refractivity (Wildman–Crippen MR) is 210 cm³/mol. The first kappa shape index (κ1) is 50.7. The van der Waals surface area contributed by atoms with Gasteiger partial charge in [0.15, 0.2) is 0 Å². The van der Waals surface area contributed by atoms with Crippen LogP contribution in [0.3, 0.4) is 0 Å². The SMILES string of the molecule is CCCCCCC/C=C\CCCCCCCC(=O)OC(CO)COP(=O)(O)OCC(CO)OC(=O)CCCCCCCCCCCCCCCCC. The Balaban J connectivity index is 3.93. The summed E-state index contributed by atoms with van der Waals surface area (Å²) in [4.78, 5) is 34.4. The number of aliphatic hydroxyl groups is 2. The molecule has 10 nitrogen and oxygen atoms in total. The van der Waals surface area contributed by atoms with Crippen LogP contribution in [0.1, 0.15) is 200 Å². The van der Waals surface area contributed by atoms with Gasteiger partial charge in [0.25, 0.3) is 0 Å². The molecule has 0 aliphatic rings. The van der Waals surface area contributed by atoms with E-state index in [1.165, 1.54) is 103 Å². The quantitative estimate of drug-likeness (QED) is 0.0238. The van der Waals surface area contributed by atoms with E-state index in [0.29, 0.717) is 12.8 Å². The van der Waals surface area contributed by atoms with Gasteiger partial charge < -0.3 is 24.6 Å². The summed E-state index contributed by atoms with van der Waals surface area (Å²) in [6.07, 6.45) is 34.7. The van der Waals surface area contributed by atoms with Crippen molar-refractivity contribution in [1.29, 1.82) is 0 Å². The van der Waals surface area contributed by atoms with E-state index in [9.17, 15) is 29.3 Å². The first-order valence-electron chi connectivity index (χ1n) is 21.1. The summed E-state index contributed by atoms with van der Waals surface area (Å²) < 4.78 is 32.5. The van der Waals surface area contributed by atoms with E-state index in [4.69, 9.17) is 18.5 Å². The fourth-order valence-corrected chi connectivity index (χ4v) is 6.72. The number of aliphatic hydroxyl groups excluding tert-OH is 2. The first-order valence-corrected chi connectivity index (χ1v) is 22.6. The molecular weight excluding hydrogens is 683 g/mol. The molecule has 0 heterocycles. The van der Waals surface area contributed by atoms with Crippen molar-refractivity contribution >= 4 is 19.8 Å². The lowest BCUT2D eigenvalue weighted by atomic mass is 10.0. The highest BCUT2D eigenvalue weighted by molar-refractivity contribution is 7.47. The zero-order valence-electron chi connectivity index (χ0n) is 33.3. The van der Waals surface area contributed by atoms with Crippen LogP contribution in [0.15, 0.2) is 12.2 Å². The summed E-state index contributed by atoms with van der Waals surface area (Å²) in [5, 5.41) is 19.1. The molecule has 0 aliphatic heterocycles. The monoisotopic (exact) mass is 763 g/mol. The molecular formula is C41H79O10P. The van der Waals surface area contributed by atoms with Gasteiger partial charge in [0.2, 0.25) is 0 Å². The first-order chi connectivity index (χ1) is 25.3. The van der Waals surface area contributed by atoms with Gasteiger partial charge in [0, 0.05) is 12.8 Å². The predicted octanol–water partition coefficient (Wildman–Crippen LogP) is 10.8. The van der Waals surface area contributed by atoms with E-state index in [1.54, 1.807) is 0 Å². The number of esters is 2. The molecule has 0 aromatic carbocycles. The smallest absolute Gasteiger partial charge is 0.457 e. The van der Waals surface area contributed by atoms with Gasteiger partial charge >= 0.3 is 19.8 Å². The zero-order valence-corrected chi connectivity index (χ0v) is 34.2. The van der Waals surface area contributed by atoms with Crippen LogP contribution in [0.4, 0.5) is 0 Å². The van der Waals surface area contributed by atoms with Gasteiger partial charge in [0.05, 0.1) is 26.4 Å². The minimum Gasteiger partial charge on any atom is -0.457 e. The van der Waals surface area contributed by atoms with Crippen molar-refractivity contribution in [1.82, 2.24) is 0 Å². The second-order valence-corrected chi connectivity index (χ2v) is 15.8. The lowest BCUT2D eigenvalue weighted by Gasteiger charge is -2.20. The number of hydrogen-bond donors (Lipinski definition) is 3. The molecule has 3 N–H and O–H groups in total. The summed E-state index contributed by atoms with van der Waals surface area (Å²) in [5.41, 5.74) is 0. The molecule has 0 radical (unpaired) electrons. The average Bonchev–Trinajstić information content (AvgIpc) is 3.13. The second kappa shape index (κ2) is 38.0. The van der Waals surface area contributed by atoms with Crippen LogP contribution in [-0.2, 0) is 32.7 Å². The lowest BCUT2D eigenvalue weighted by molar-refractivity contribution is -0.153. The highest BCUT2D eigenvalue weighted by atomic mass is 31.2. The molecule has 11 heteroatoms. The van der Waals surface area contributed by atoms with Gasteiger partial charge in [-0.05, 0) is 38.5 Å². The number of phosphoric ester groups is 1. The number of phosphoric acid groups is 1. The van der Waals surface area contributed by atoms with Crippen LogP contribution in [0.2, 0.25) is 0 Å². The Morgan fingerprint density at radius 1 is 0.500 bits per heavy atom. The Kier molecular flexibility index (Phi) is 37.1. The van der Waals surface area contributed by atoms with E-state index < -0.39 is 58.4 Å². The van der Waals surface area contributed by atoms with Crippen molar-refractivity contribution in [2.75, 3.05) is 26.4 Å². The molecule has 0 aliphatic carbocycles.